The topological polar surface area (TPSA) is 0 Å². The highest BCUT2D eigenvalue weighted by Crippen LogP contribution is 2.28. The minimum atomic E-state index is -0.499. The summed E-state index contributed by atoms with van der Waals surface area (Å²) in [6.07, 6.45) is 6.71. The van der Waals surface area contributed by atoms with E-state index in [0.717, 1.165) is 38.0 Å². The second-order valence-corrected chi connectivity index (χ2v) is 3.16. The van der Waals surface area contributed by atoms with E-state index in [9.17, 15) is 4.39 Å². The Bertz CT molecular complexity index is 82.7. The third-order valence-corrected chi connectivity index (χ3v) is 2.27. The van der Waals surface area contributed by atoms with Crippen LogP contribution in [0.2, 0.25) is 0 Å². The van der Waals surface area contributed by atoms with Crippen LogP contribution in [0.4, 0.5) is 4.39 Å². The van der Waals surface area contributed by atoms with Gasteiger partial charge in [0.05, 0.1) is 0 Å². The average molecular weight is 143 g/mol. The molecule has 0 unspecified atom stereocenters. The fraction of sp³-hybridized carbons (Fsp3) is 0.889. The van der Waals surface area contributed by atoms with Crippen molar-refractivity contribution in [2.75, 3.05) is 0 Å². The first-order valence-corrected chi connectivity index (χ1v) is 4.30. The number of rotatable bonds is 2. The van der Waals surface area contributed by atoms with Gasteiger partial charge in [-0.25, -0.2) is 4.39 Å². The van der Waals surface area contributed by atoms with Gasteiger partial charge in [-0.05, 0) is 38.0 Å². The molecule has 0 aromatic rings. The second-order valence-electron chi connectivity index (χ2n) is 3.16. The zero-order chi connectivity index (χ0) is 7.40. The van der Waals surface area contributed by atoms with E-state index in [2.05, 4.69) is 13.3 Å². The molecule has 1 saturated carbocycles. The van der Waals surface area contributed by atoms with Gasteiger partial charge in [-0.2, -0.15) is 0 Å². The van der Waals surface area contributed by atoms with Crippen LogP contribution in [0, 0.1) is 12.3 Å². The number of hydrogen-bond acceptors (Lipinski definition) is 0. The Morgan fingerprint density at radius 2 is 1.90 bits per heavy atom. The first-order chi connectivity index (χ1) is 4.83. The van der Waals surface area contributed by atoms with Crippen molar-refractivity contribution in [1.29, 1.82) is 0 Å². The first-order valence-electron chi connectivity index (χ1n) is 4.30. The molecule has 0 spiro atoms. The molecule has 10 heavy (non-hydrogen) atoms. The summed E-state index contributed by atoms with van der Waals surface area (Å²) in [4.78, 5) is 0. The Kier molecular flexibility index (Phi) is 3.17. The summed E-state index contributed by atoms with van der Waals surface area (Å²) in [5, 5.41) is 0. The summed E-state index contributed by atoms with van der Waals surface area (Å²) < 4.78 is 12.6. The van der Waals surface area contributed by atoms with E-state index in [0.29, 0.717) is 0 Å². The maximum atomic E-state index is 12.6. The molecule has 0 nitrogen and oxygen atoms in total. The molecular formula is C9H16F. The molecule has 1 aliphatic carbocycles. The highest BCUT2D eigenvalue weighted by Gasteiger charge is 2.19. The van der Waals surface area contributed by atoms with Gasteiger partial charge < -0.3 is 0 Å². The van der Waals surface area contributed by atoms with Gasteiger partial charge in [-0.15, -0.1) is 0 Å². The minimum absolute atomic E-state index is 0.499. The van der Waals surface area contributed by atoms with Crippen molar-refractivity contribution in [2.24, 2.45) is 5.92 Å². The Morgan fingerprint density at radius 1 is 1.30 bits per heavy atom. The summed E-state index contributed by atoms with van der Waals surface area (Å²) in [7, 11) is 0. The quantitative estimate of drug-likeness (QED) is 0.557. The number of hydrogen-bond donors (Lipinski definition) is 0. The van der Waals surface area contributed by atoms with Gasteiger partial charge in [-0.1, -0.05) is 13.3 Å². The van der Waals surface area contributed by atoms with E-state index in [-0.39, 0.29) is 0 Å². The van der Waals surface area contributed by atoms with E-state index >= 15 is 0 Å². The third kappa shape index (κ3) is 2.28. The molecule has 0 N–H and O–H groups in total. The summed E-state index contributed by atoms with van der Waals surface area (Å²) >= 11 is 0. The van der Waals surface area contributed by atoms with Gasteiger partial charge in [0.2, 0.25) is 0 Å². The lowest BCUT2D eigenvalue weighted by atomic mass is 9.85. The van der Waals surface area contributed by atoms with Crippen LogP contribution >= 0.6 is 0 Å². The summed E-state index contributed by atoms with van der Waals surface area (Å²) in [5.41, 5.74) is 0. The van der Waals surface area contributed by atoms with Crippen molar-refractivity contribution in [3.05, 3.63) is 6.42 Å². The number of halogens is 1. The molecule has 0 aromatic carbocycles. The van der Waals surface area contributed by atoms with Crippen LogP contribution in [0.15, 0.2) is 0 Å². The predicted octanol–water partition coefficient (Wildman–Crippen LogP) is 3.13. The van der Waals surface area contributed by atoms with Crippen molar-refractivity contribution in [3.63, 3.8) is 0 Å². The van der Waals surface area contributed by atoms with Crippen LogP contribution in [0.5, 0.6) is 0 Å². The Morgan fingerprint density at radius 3 is 2.40 bits per heavy atom. The molecular weight excluding hydrogens is 127 g/mol. The fourth-order valence-electron chi connectivity index (χ4n) is 1.65. The molecule has 0 amide bonds. The highest BCUT2D eigenvalue weighted by molar-refractivity contribution is 4.80. The van der Waals surface area contributed by atoms with Gasteiger partial charge >= 0.3 is 0 Å². The van der Waals surface area contributed by atoms with Gasteiger partial charge in [0.25, 0.3) is 0 Å². The van der Waals surface area contributed by atoms with Crippen molar-refractivity contribution >= 4 is 0 Å². The number of alkyl halides is 1. The molecule has 0 aromatic heterocycles. The molecule has 1 rings (SSSR count). The summed E-state index contributed by atoms with van der Waals surface area (Å²) in [6, 6.07) is 0. The van der Waals surface area contributed by atoms with Crippen LogP contribution in [-0.2, 0) is 0 Å². The SMILES string of the molecule is CC[CH]C1CCC(F)CC1. The van der Waals surface area contributed by atoms with Gasteiger partial charge in [-0.3, -0.25) is 0 Å². The Balaban J connectivity index is 2.13. The summed E-state index contributed by atoms with van der Waals surface area (Å²) in [5.74, 6) is 0.719. The normalized spacial score (nSPS) is 34.2. The largest absolute Gasteiger partial charge is 0.247 e. The van der Waals surface area contributed by atoms with E-state index in [4.69, 9.17) is 0 Å². The molecule has 1 radical (unpaired) electrons. The van der Waals surface area contributed by atoms with Crippen molar-refractivity contribution in [1.82, 2.24) is 0 Å². The summed E-state index contributed by atoms with van der Waals surface area (Å²) in [6.45, 7) is 2.15. The van der Waals surface area contributed by atoms with Gasteiger partial charge in [0.15, 0.2) is 0 Å². The zero-order valence-electron chi connectivity index (χ0n) is 6.65. The average Bonchev–Trinajstić information content (AvgIpc) is 1.95. The molecule has 1 fully saturated rings. The molecule has 0 atom stereocenters. The van der Waals surface area contributed by atoms with Crippen LogP contribution in [0.1, 0.15) is 39.0 Å². The maximum absolute atomic E-state index is 12.6. The van der Waals surface area contributed by atoms with E-state index in [1.54, 1.807) is 0 Å². The van der Waals surface area contributed by atoms with E-state index in [1.807, 2.05) is 0 Å². The fourth-order valence-corrected chi connectivity index (χ4v) is 1.65. The lowest BCUT2D eigenvalue weighted by Crippen LogP contribution is -2.14. The smallest absolute Gasteiger partial charge is 0.100 e. The maximum Gasteiger partial charge on any atom is 0.100 e. The minimum Gasteiger partial charge on any atom is -0.247 e. The zero-order valence-corrected chi connectivity index (χ0v) is 6.65. The van der Waals surface area contributed by atoms with Crippen LogP contribution in [0.25, 0.3) is 0 Å². The van der Waals surface area contributed by atoms with Crippen molar-refractivity contribution < 1.29 is 4.39 Å². The van der Waals surface area contributed by atoms with Gasteiger partial charge in [0, 0.05) is 0 Å². The third-order valence-electron chi connectivity index (χ3n) is 2.27. The van der Waals surface area contributed by atoms with Crippen molar-refractivity contribution in [3.8, 4) is 0 Å². The Labute approximate surface area is 62.8 Å². The molecule has 1 heteroatoms. The predicted molar refractivity (Wildman–Crippen MR) is 41.4 cm³/mol. The van der Waals surface area contributed by atoms with E-state index in [1.165, 1.54) is 0 Å². The monoisotopic (exact) mass is 143 g/mol. The molecule has 0 heterocycles. The standard InChI is InChI=1S/C9H16F/c1-2-3-8-4-6-9(10)7-5-8/h3,8-9H,2,4-7H2,1H3. The lowest BCUT2D eigenvalue weighted by molar-refractivity contribution is 0.219. The highest BCUT2D eigenvalue weighted by atomic mass is 19.1. The van der Waals surface area contributed by atoms with E-state index < -0.39 is 6.17 Å². The van der Waals surface area contributed by atoms with Crippen LogP contribution in [0.3, 0.4) is 0 Å². The molecule has 59 valence electrons. The van der Waals surface area contributed by atoms with Gasteiger partial charge in [0.1, 0.15) is 6.17 Å². The lowest BCUT2D eigenvalue weighted by Gasteiger charge is -2.23. The Hall–Kier alpha value is -0.0700. The first kappa shape index (κ1) is 8.03. The molecule has 0 aliphatic heterocycles. The van der Waals surface area contributed by atoms with Crippen LogP contribution < -0.4 is 0 Å². The molecule has 1 aliphatic rings. The second kappa shape index (κ2) is 3.95. The molecule has 0 bridgehead atoms. The molecule has 0 saturated heterocycles. The van der Waals surface area contributed by atoms with Crippen LogP contribution in [-0.4, -0.2) is 6.17 Å². The van der Waals surface area contributed by atoms with Crippen molar-refractivity contribution in [2.45, 2.75) is 45.2 Å².